The minimum Gasteiger partial charge on any atom is -0.481 e. The maximum Gasteiger partial charge on any atom is 0.313 e. The van der Waals surface area contributed by atoms with Gasteiger partial charge in [-0.3, -0.25) is 4.79 Å². The predicted octanol–water partition coefficient (Wildman–Crippen LogP) is 3.95. The summed E-state index contributed by atoms with van der Waals surface area (Å²) in [5.74, 6) is -0.280. The van der Waals surface area contributed by atoms with Crippen molar-refractivity contribution < 1.29 is 9.90 Å². The number of halogens is 2. The van der Waals surface area contributed by atoms with Crippen molar-refractivity contribution in [1.82, 2.24) is 14.8 Å². The molecule has 0 saturated carbocycles. The summed E-state index contributed by atoms with van der Waals surface area (Å²) >= 11 is 10.8. The summed E-state index contributed by atoms with van der Waals surface area (Å²) < 4.78 is 2.80. The van der Waals surface area contributed by atoms with E-state index in [1.54, 1.807) is 6.07 Å². The molecule has 0 aliphatic rings. The van der Waals surface area contributed by atoms with Crippen LogP contribution in [0.1, 0.15) is 13.3 Å². The second-order valence-electron chi connectivity index (χ2n) is 4.26. The van der Waals surface area contributed by atoms with Gasteiger partial charge in [0.15, 0.2) is 11.0 Å². The van der Waals surface area contributed by atoms with E-state index in [0.29, 0.717) is 22.5 Å². The Balaban J connectivity index is 2.43. The Bertz CT molecular complexity index is 663. The van der Waals surface area contributed by atoms with Gasteiger partial charge in [0, 0.05) is 16.6 Å². The van der Waals surface area contributed by atoms with Crippen molar-refractivity contribution in [3.8, 4) is 11.4 Å². The molecule has 0 spiro atoms. The molecule has 0 atom stereocenters. The summed E-state index contributed by atoms with van der Waals surface area (Å²) in [5.41, 5.74) is 0.772. The first kappa shape index (κ1) is 16.3. The summed E-state index contributed by atoms with van der Waals surface area (Å²) in [5, 5.41) is 18.2. The normalized spacial score (nSPS) is 10.8. The van der Waals surface area contributed by atoms with Gasteiger partial charge in [-0.15, -0.1) is 10.2 Å². The van der Waals surface area contributed by atoms with Crippen molar-refractivity contribution in [3.05, 3.63) is 27.7 Å². The van der Waals surface area contributed by atoms with Crippen LogP contribution in [0.2, 0.25) is 5.02 Å². The van der Waals surface area contributed by atoms with Crippen LogP contribution in [-0.4, -0.2) is 31.6 Å². The molecule has 0 fully saturated rings. The number of hydrogen-bond donors (Lipinski definition) is 1. The lowest BCUT2D eigenvalue weighted by atomic mass is 10.2. The Morgan fingerprint density at radius 2 is 2.24 bits per heavy atom. The largest absolute Gasteiger partial charge is 0.481 e. The topological polar surface area (TPSA) is 68.0 Å². The zero-order valence-electron chi connectivity index (χ0n) is 11.2. The summed E-state index contributed by atoms with van der Waals surface area (Å²) in [6.07, 6.45) is 0.886. The van der Waals surface area contributed by atoms with Crippen LogP contribution in [0.3, 0.4) is 0 Å². The van der Waals surface area contributed by atoms with E-state index in [0.717, 1.165) is 28.2 Å². The van der Waals surface area contributed by atoms with Crippen molar-refractivity contribution >= 4 is 45.3 Å². The monoisotopic (exact) mass is 389 g/mol. The summed E-state index contributed by atoms with van der Waals surface area (Å²) in [6.45, 7) is 2.74. The average Bonchev–Trinajstić information content (AvgIpc) is 2.82. The van der Waals surface area contributed by atoms with Gasteiger partial charge in [0.05, 0.1) is 10.8 Å². The number of hydrogen-bond acceptors (Lipinski definition) is 4. The Morgan fingerprint density at radius 1 is 1.48 bits per heavy atom. The molecule has 0 bridgehead atoms. The molecule has 5 nitrogen and oxygen atoms in total. The fraction of sp³-hybridized carbons (Fsp3) is 0.308. The minimum atomic E-state index is -0.881. The van der Waals surface area contributed by atoms with Crippen molar-refractivity contribution in [2.75, 3.05) is 5.75 Å². The van der Waals surface area contributed by atoms with Gasteiger partial charge >= 0.3 is 5.97 Å². The number of thioether (sulfide) groups is 1. The van der Waals surface area contributed by atoms with Crippen LogP contribution in [0.4, 0.5) is 0 Å². The van der Waals surface area contributed by atoms with E-state index in [2.05, 4.69) is 26.1 Å². The van der Waals surface area contributed by atoms with E-state index in [1.165, 1.54) is 0 Å². The number of aliphatic carboxylic acids is 1. The zero-order chi connectivity index (χ0) is 15.4. The van der Waals surface area contributed by atoms with Gasteiger partial charge in [0.1, 0.15) is 0 Å². The number of carboxylic acids is 1. The molecule has 2 aromatic rings. The van der Waals surface area contributed by atoms with Gasteiger partial charge in [0.2, 0.25) is 0 Å². The molecule has 0 amide bonds. The lowest BCUT2D eigenvalue weighted by Crippen LogP contribution is -2.04. The molecule has 1 heterocycles. The highest BCUT2D eigenvalue weighted by Crippen LogP contribution is 2.31. The van der Waals surface area contributed by atoms with Gasteiger partial charge < -0.3 is 9.67 Å². The molecule has 112 valence electrons. The Hall–Kier alpha value is -1.05. The highest BCUT2D eigenvalue weighted by Gasteiger charge is 2.17. The van der Waals surface area contributed by atoms with Gasteiger partial charge in [-0.05, 0) is 24.6 Å². The first-order valence-electron chi connectivity index (χ1n) is 6.26. The van der Waals surface area contributed by atoms with Crippen LogP contribution < -0.4 is 0 Å². The molecule has 1 N–H and O–H groups in total. The van der Waals surface area contributed by atoms with E-state index in [4.69, 9.17) is 16.7 Å². The first-order chi connectivity index (χ1) is 10.0. The molecule has 21 heavy (non-hydrogen) atoms. The van der Waals surface area contributed by atoms with Gasteiger partial charge in [0.25, 0.3) is 0 Å². The number of benzene rings is 1. The smallest absolute Gasteiger partial charge is 0.313 e. The molecule has 0 aliphatic carbocycles. The molecule has 8 heteroatoms. The Morgan fingerprint density at radius 3 is 2.90 bits per heavy atom. The fourth-order valence-electron chi connectivity index (χ4n) is 1.82. The third-order valence-electron chi connectivity index (χ3n) is 2.66. The summed E-state index contributed by atoms with van der Waals surface area (Å²) in [7, 11) is 0. The number of aromatic nitrogens is 3. The average molecular weight is 391 g/mol. The number of carboxylic acid groups (broad SMARTS) is 1. The second kappa shape index (κ2) is 7.29. The maximum absolute atomic E-state index is 10.7. The molecule has 1 aromatic heterocycles. The van der Waals surface area contributed by atoms with Gasteiger partial charge in [-0.25, -0.2) is 0 Å². The number of rotatable bonds is 6. The molecule has 1 aromatic carbocycles. The van der Waals surface area contributed by atoms with E-state index < -0.39 is 5.97 Å². The maximum atomic E-state index is 10.7. The number of nitrogens with zero attached hydrogens (tertiary/aromatic N) is 3. The molecule has 0 radical (unpaired) electrons. The highest BCUT2D eigenvalue weighted by atomic mass is 79.9. The number of carbonyl (C=O) groups is 1. The zero-order valence-corrected chi connectivity index (χ0v) is 14.4. The van der Waals surface area contributed by atoms with Gasteiger partial charge in [-0.2, -0.15) is 0 Å². The fourth-order valence-corrected chi connectivity index (χ4v) is 3.06. The quantitative estimate of drug-likeness (QED) is 0.756. The van der Waals surface area contributed by atoms with Crippen LogP contribution in [-0.2, 0) is 11.3 Å². The SMILES string of the molecule is CCCn1c(SCC(=O)O)nnc1-c1cc(Br)ccc1Cl. The predicted molar refractivity (Wildman–Crippen MR) is 86.8 cm³/mol. The molecule has 0 saturated heterocycles. The summed E-state index contributed by atoms with van der Waals surface area (Å²) in [4.78, 5) is 10.7. The third-order valence-corrected chi connectivity index (χ3v) is 4.43. The molecule has 2 rings (SSSR count). The van der Waals surface area contributed by atoms with Crippen LogP contribution in [0, 0.1) is 0 Å². The van der Waals surface area contributed by atoms with E-state index >= 15 is 0 Å². The van der Waals surface area contributed by atoms with E-state index in [-0.39, 0.29) is 5.75 Å². The lowest BCUT2D eigenvalue weighted by Gasteiger charge is -2.09. The standard InChI is InChI=1S/C13H13BrClN3O2S/c1-2-5-18-12(9-6-8(14)3-4-10(9)15)16-17-13(18)21-7-11(19)20/h3-4,6H,2,5,7H2,1H3,(H,19,20). The second-order valence-corrected chi connectivity index (χ2v) is 6.53. The van der Waals surface area contributed by atoms with Crippen molar-refractivity contribution in [1.29, 1.82) is 0 Å². The van der Waals surface area contributed by atoms with Crippen molar-refractivity contribution in [2.45, 2.75) is 25.0 Å². The molecule has 0 unspecified atom stereocenters. The Kier molecular flexibility index (Phi) is 5.66. The Labute approximate surface area is 139 Å². The van der Waals surface area contributed by atoms with Crippen molar-refractivity contribution in [3.63, 3.8) is 0 Å². The van der Waals surface area contributed by atoms with Gasteiger partial charge in [-0.1, -0.05) is 46.2 Å². The van der Waals surface area contributed by atoms with E-state index in [9.17, 15) is 4.79 Å². The first-order valence-corrected chi connectivity index (χ1v) is 8.41. The molecule has 0 aliphatic heterocycles. The van der Waals surface area contributed by atoms with Crippen LogP contribution >= 0.6 is 39.3 Å². The molecular weight excluding hydrogens is 378 g/mol. The lowest BCUT2D eigenvalue weighted by molar-refractivity contribution is -0.133. The van der Waals surface area contributed by atoms with Crippen LogP contribution in [0.25, 0.3) is 11.4 Å². The van der Waals surface area contributed by atoms with Crippen LogP contribution in [0.5, 0.6) is 0 Å². The molecular formula is C13H13BrClN3O2S. The minimum absolute atomic E-state index is 0.0476. The van der Waals surface area contributed by atoms with E-state index in [1.807, 2.05) is 23.6 Å². The van der Waals surface area contributed by atoms with Crippen molar-refractivity contribution in [2.24, 2.45) is 0 Å². The van der Waals surface area contributed by atoms with Crippen LogP contribution in [0.15, 0.2) is 27.8 Å². The summed E-state index contributed by atoms with van der Waals surface area (Å²) in [6, 6.07) is 5.52. The highest BCUT2D eigenvalue weighted by molar-refractivity contribution is 9.10. The third kappa shape index (κ3) is 3.99.